The topological polar surface area (TPSA) is 149 Å². The normalized spacial score (nSPS) is 15.0. The van der Waals surface area contributed by atoms with Crippen LogP contribution >= 0.6 is 0 Å². The molecule has 0 bridgehead atoms. The van der Waals surface area contributed by atoms with Crippen LogP contribution in [0.25, 0.3) is 0 Å². The SMILES string of the molecule is CC(CC(=O)O)N(N1CCN(c2ccc(C#Cc3c[nH]c(=O)c(C(=O)NCc4ccccc4)c3)cc2)CC1)S(=O)[O-]. The van der Waals surface area contributed by atoms with E-state index in [1.165, 1.54) is 12.3 Å². The number of carboxylic acid groups (broad SMARTS) is 1. The van der Waals surface area contributed by atoms with E-state index in [1.807, 2.05) is 54.6 Å². The van der Waals surface area contributed by atoms with Gasteiger partial charge in [-0.25, -0.2) is 5.01 Å². The van der Waals surface area contributed by atoms with Crippen molar-refractivity contribution in [2.45, 2.75) is 25.9 Å². The van der Waals surface area contributed by atoms with Gasteiger partial charge in [0.15, 0.2) is 0 Å². The molecule has 0 radical (unpaired) electrons. The van der Waals surface area contributed by atoms with Crippen LogP contribution in [-0.2, 0) is 22.6 Å². The van der Waals surface area contributed by atoms with Crippen LogP contribution in [0.5, 0.6) is 0 Å². The molecule has 2 unspecified atom stereocenters. The van der Waals surface area contributed by atoms with Crippen molar-refractivity contribution < 1.29 is 23.5 Å². The van der Waals surface area contributed by atoms with Crippen molar-refractivity contribution in [3.63, 3.8) is 0 Å². The molecule has 3 aromatic rings. The van der Waals surface area contributed by atoms with Gasteiger partial charge in [-0.15, -0.1) is 0 Å². The summed E-state index contributed by atoms with van der Waals surface area (Å²) < 4.78 is 24.6. The zero-order valence-corrected chi connectivity index (χ0v) is 23.2. The highest BCUT2D eigenvalue weighted by atomic mass is 32.2. The van der Waals surface area contributed by atoms with Gasteiger partial charge in [-0.05, 0) is 42.8 Å². The number of hydrogen-bond donors (Lipinski definition) is 3. The molecule has 1 aliphatic rings. The van der Waals surface area contributed by atoms with E-state index in [2.05, 4.69) is 27.0 Å². The highest BCUT2D eigenvalue weighted by Gasteiger charge is 2.28. The maximum Gasteiger partial charge on any atom is 0.305 e. The molecule has 1 aliphatic heterocycles. The van der Waals surface area contributed by atoms with E-state index in [4.69, 9.17) is 5.11 Å². The van der Waals surface area contributed by atoms with Crippen LogP contribution in [0.3, 0.4) is 0 Å². The van der Waals surface area contributed by atoms with E-state index < -0.39 is 34.7 Å². The smallest absolute Gasteiger partial charge is 0.305 e. The Morgan fingerprint density at radius 1 is 1.07 bits per heavy atom. The number of aliphatic carboxylic acids is 1. The number of nitrogens with one attached hydrogen (secondary N) is 2. The molecular formula is C29H30N5O6S-. The van der Waals surface area contributed by atoms with Gasteiger partial charge in [0.2, 0.25) is 0 Å². The number of rotatable bonds is 9. The summed E-state index contributed by atoms with van der Waals surface area (Å²) in [6.45, 7) is 3.84. The molecule has 0 saturated carbocycles. The van der Waals surface area contributed by atoms with Crippen molar-refractivity contribution in [1.82, 2.24) is 19.7 Å². The second kappa shape index (κ2) is 13.9. The second-order valence-electron chi connectivity index (χ2n) is 9.50. The fourth-order valence-corrected chi connectivity index (χ4v) is 5.22. The Labute approximate surface area is 240 Å². The van der Waals surface area contributed by atoms with E-state index in [1.54, 1.807) is 11.9 Å². The van der Waals surface area contributed by atoms with Crippen molar-refractivity contribution in [2.24, 2.45) is 0 Å². The summed E-state index contributed by atoms with van der Waals surface area (Å²) >= 11 is -2.57. The number of piperazine rings is 1. The molecule has 3 N–H and O–H groups in total. The lowest BCUT2D eigenvalue weighted by molar-refractivity contribution is -0.139. The number of aromatic amines is 1. The molecule has 41 heavy (non-hydrogen) atoms. The quantitative estimate of drug-likeness (QED) is 0.258. The van der Waals surface area contributed by atoms with Crippen molar-refractivity contribution >= 4 is 28.8 Å². The van der Waals surface area contributed by atoms with Gasteiger partial charge in [0.25, 0.3) is 11.5 Å². The Morgan fingerprint density at radius 2 is 1.73 bits per heavy atom. The Balaban J connectivity index is 1.36. The molecule has 11 nitrogen and oxygen atoms in total. The van der Waals surface area contributed by atoms with E-state index in [-0.39, 0.29) is 12.0 Å². The standard InChI is InChI=1S/C29H31N5O6S/c1-21(17-27(35)36)34(41(39)40)33-15-13-32(14-16-33)25-11-9-22(10-12-25)7-8-24-18-26(29(38)31-20-24)28(37)30-19-23-5-3-2-4-6-23/h2-6,9-12,18,20-21H,13-17,19H2,1H3,(H,30,37)(H,31,38)(H,35,36)(H,39,40)/p-1. The van der Waals surface area contributed by atoms with Crippen LogP contribution in [0.15, 0.2) is 71.7 Å². The largest absolute Gasteiger partial charge is 0.759 e. The number of carbonyl (C=O) groups is 2. The van der Waals surface area contributed by atoms with E-state index in [9.17, 15) is 23.1 Å². The number of aromatic nitrogens is 1. The highest BCUT2D eigenvalue weighted by molar-refractivity contribution is 7.76. The predicted octanol–water partition coefficient (Wildman–Crippen LogP) is 1.70. The predicted molar refractivity (Wildman–Crippen MR) is 153 cm³/mol. The van der Waals surface area contributed by atoms with Gasteiger partial charge in [-0.2, -0.15) is 4.41 Å². The maximum atomic E-state index is 12.6. The van der Waals surface area contributed by atoms with Gasteiger partial charge < -0.3 is 24.9 Å². The van der Waals surface area contributed by atoms with Crippen LogP contribution in [0.2, 0.25) is 0 Å². The summed E-state index contributed by atoms with van der Waals surface area (Å²) in [5.74, 6) is 4.49. The van der Waals surface area contributed by atoms with Crippen LogP contribution in [0.4, 0.5) is 5.69 Å². The van der Waals surface area contributed by atoms with Crippen LogP contribution < -0.4 is 15.8 Å². The third kappa shape index (κ3) is 8.12. The summed E-state index contributed by atoms with van der Waals surface area (Å²) in [6.07, 6.45) is 1.19. The number of anilines is 1. The number of benzene rings is 2. The van der Waals surface area contributed by atoms with E-state index in [0.717, 1.165) is 21.2 Å². The first-order valence-corrected chi connectivity index (χ1v) is 14.0. The van der Waals surface area contributed by atoms with Gasteiger partial charge in [-0.1, -0.05) is 42.2 Å². The first kappa shape index (κ1) is 29.7. The van der Waals surface area contributed by atoms with Crippen LogP contribution in [0, 0.1) is 11.8 Å². The molecule has 4 rings (SSSR count). The summed E-state index contributed by atoms with van der Waals surface area (Å²) in [4.78, 5) is 40.5. The van der Waals surface area contributed by atoms with Gasteiger partial charge >= 0.3 is 5.97 Å². The monoisotopic (exact) mass is 576 g/mol. The number of carboxylic acids is 1. The minimum atomic E-state index is -2.57. The summed E-state index contributed by atoms with van der Waals surface area (Å²) in [5.41, 5.74) is 2.59. The molecule has 2 aromatic carbocycles. The minimum absolute atomic E-state index is 0.0149. The first-order valence-electron chi connectivity index (χ1n) is 13.0. The van der Waals surface area contributed by atoms with Crippen LogP contribution in [-0.4, -0.2) is 72.4 Å². The molecule has 1 aromatic heterocycles. The van der Waals surface area contributed by atoms with Gasteiger partial charge in [0.1, 0.15) is 5.56 Å². The number of H-pyrrole nitrogens is 1. The van der Waals surface area contributed by atoms with Crippen molar-refractivity contribution in [3.05, 3.63) is 99.5 Å². The lowest BCUT2D eigenvalue weighted by Gasteiger charge is -2.44. The average Bonchev–Trinajstić information content (AvgIpc) is 2.96. The van der Waals surface area contributed by atoms with Crippen LogP contribution in [0.1, 0.15) is 40.4 Å². The number of hydrazine groups is 1. The zero-order chi connectivity index (χ0) is 29.4. The Bertz CT molecular complexity index is 1510. The van der Waals surface area contributed by atoms with E-state index in [0.29, 0.717) is 38.3 Å². The number of amides is 1. The average molecular weight is 577 g/mol. The molecule has 0 aliphatic carbocycles. The van der Waals surface area contributed by atoms with Crippen molar-refractivity contribution in [3.8, 4) is 11.8 Å². The molecule has 1 saturated heterocycles. The van der Waals surface area contributed by atoms with Crippen molar-refractivity contribution in [1.29, 1.82) is 0 Å². The summed E-state index contributed by atoms with van der Waals surface area (Å²) in [5, 5.41) is 13.4. The summed E-state index contributed by atoms with van der Waals surface area (Å²) in [7, 11) is 0. The molecule has 214 valence electrons. The fraction of sp³-hybridized carbons (Fsp3) is 0.276. The lowest BCUT2D eigenvalue weighted by Crippen LogP contribution is -2.57. The lowest BCUT2D eigenvalue weighted by atomic mass is 10.1. The number of hydrogen-bond acceptors (Lipinski definition) is 7. The fourth-order valence-electron chi connectivity index (χ4n) is 4.50. The van der Waals surface area contributed by atoms with Crippen molar-refractivity contribution in [2.75, 3.05) is 31.1 Å². The maximum absolute atomic E-state index is 12.6. The molecule has 1 amide bonds. The van der Waals surface area contributed by atoms with Gasteiger partial charge in [0, 0.05) is 73.0 Å². The minimum Gasteiger partial charge on any atom is -0.759 e. The number of nitrogens with zero attached hydrogens (tertiary/aromatic N) is 3. The molecular weight excluding hydrogens is 546 g/mol. The molecule has 1 fully saturated rings. The third-order valence-electron chi connectivity index (χ3n) is 6.56. The Kier molecular flexibility index (Phi) is 10.0. The van der Waals surface area contributed by atoms with Gasteiger partial charge in [-0.3, -0.25) is 18.6 Å². The molecule has 0 spiro atoms. The zero-order valence-electron chi connectivity index (χ0n) is 22.4. The third-order valence-corrected chi connectivity index (χ3v) is 7.46. The van der Waals surface area contributed by atoms with Gasteiger partial charge in [0.05, 0.1) is 6.42 Å². The molecule has 2 atom stereocenters. The number of carbonyl (C=O) groups excluding carboxylic acids is 1. The number of pyridine rings is 1. The molecule has 12 heteroatoms. The summed E-state index contributed by atoms with van der Waals surface area (Å²) in [6, 6.07) is 17.8. The highest BCUT2D eigenvalue weighted by Crippen LogP contribution is 2.20. The second-order valence-corrected chi connectivity index (χ2v) is 10.3. The first-order chi connectivity index (χ1) is 19.7. The Morgan fingerprint density at radius 3 is 2.37 bits per heavy atom. The molecule has 2 heterocycles. The van der Waals surface area contributed by atoms with E-state index >= 15 is 0 Å². The Hall–Kier alpha value is -4.28.